The molecule has 0 spiro atoms. The molecule has 1 aromatic rings. The second-order valence-electron chi connectivity index (χ2n) is 1.79. The molecule has 0 unspecified atom stereocenters. The Bertz CT molecular complexity index is 405. The third kappa shape index (κ3) is 1.40. The molecule has 0 amide bonds. The normalized spacial score (nSPS) is 11.4. The topological polar surface area (TPSA) is 126 Å². The number of hydrogen-bond acceptors (Lipinski definition) is 5. The zero-order valence-corrected chi connectivity index (χ0v) is 6.28. The molecule has 0 bridgehead atoms. The maximum Gasteiger partial charge on any atom is 0.362 e. The number of rotatable bonds is 2. The van der Waals surface area contributed by atoms with E-state index in [1.54, 1.807) is 0 Å². The first-order chi connectivity index (χ1) is 5.43. The van der Waals surface area contributed by atoms with Crippen molar-refractivity contribution >= 4 is 15.9 Å². The van der Waals surface area contributed by atoms with Crippen LogP contribution in [-0.4, -0.2) is 27.9 Å². The predicted octanol–water partition coefficient (Wildman–Crippen LogP) is -0.435. The average molecular weight is 193 g/mol. The van der Waals surface area contributed by atoms with E-state index in [1.807, 2.05) is 4.98 Å². The van der Waals surface area contributed by atoms with Crippen LogP contribution in [0.1, 0.15) is 0 Å². The summed E-state index contributed by atoms with van der Waals surface area (Å²) < 4.78 is 29.2. The molecular weight excluding hydrogens is 190 g/mol. The molecule has 9 heteroatoms. The minimum atomic E-state index is -4.62. The second kappa shape index (κ2) is 2.53. The molecule has 0 radical (unpaired) electrons. The molecule has 8 nitrogen and oxygen atoms in total. The van der Waals surface area contributed by atoms with Crippen molar-refractivity contribution < 1.29 is 17.9 Å². The molecule has 1 aromatic heterocycles. The van der Waals surface area contributed by atoms with Crippen LogP contribution in [0, 0.1) is 10.1 Å². The molecular formula is C3H3N3O5S. The van der Waals surface area contributed by atoms with Gasteiger partial charge in [-0.05, 0) is 4.92 Å². The van der Waals surface area contributed by atoms with Crippen molar-refractivity contribution in [1.29, 1.82) is 0 Å². The smallest absolute Gasteiger partial charge is 0.358 e. The fourth-order valence-corrected chi connectivity index (χ4v) is 1.16. The number of nitrogens with zero attached hydrogens (tertiary/aromatic N) is 2. The third-order valence-electron chi connectivity index (χ3n) is 1.01. The lowest BCUT2D eigenvalue weighted by Gasteiger charge is -1.91. The monoisotopic (exact) mass is 193 g/mol. The summed E-state index contributed by atoms with van der Waals surface area (Å²) in [6, 6.07) is 0. The SMILES string of the molecule is O=[N+]([O-])c1[nH]cnc1S(=O)(=O)O. The summed E-state index contributed by atoms with van der Waals surface area (Å²) in [5, 5.41) is 9.11. The van der Waals surface area contributed by atoms with E-state index < -0.39 is 25.9 Å². The molecule has 2 N–H and O–H groups in total. The van der Waals surface area contributed by atoms with Gasteiger partial charge < -0.3 is 10.1 Å². The Balaban J connectivity index is 3.36. The van der Waals surface area contributed by atoms with Crippen LogP contribution in [0.3, 0.4) is 0 Å². The molecule has 0 aromatic carbocycles. The van der Waals surface area contributed by atoms with Crippen molar-refractivity contribution in [3.63, 3.8) is 0 Å². The maximum atomic E-state index is 10.4. The lowest BCUT2D eigenvalue weighted by molar-refractivity contribution is -0.392. The molecule has 0 atom stereocenters. The number of hydrogen-bond donors (Lipinski definition) is 2. The number of imidazole rings is 1. The zero-order chi connectivity index (χ0) is 9.35. The first-order valence-electron chi connectivity index (χ1n) is 2.58. The Hall–Kier alpha value is -1.48. The highest BCUT2D eigenvalue weighted by molar-refractivity contribution is 7.85. The van der Waals surface area contributed by atoms with Crippen LogP contribution in [0.2, 0.25) is 0 Å². The summed E-state index contributed by atoms with van der Waals surface area (Å²) in [5.41, 5.74) is 0. The second-order valence-corrected chi connectivity index (χ2v) is 3.13. The summed E-state index contributed by atoms with van der Waals surface area (Å²) in [5.74, 6) is -0.850. The van der Waals surface area contributed by atoms with E-state index in [1.165, 1.54) is 0 Å². The largest absolute Gasteiger partial charge is 0.362 e. The molecule has 12 heavy (non-hydrogen) atoms. The van der Waals surface area contributed by atoms with Gasteiger partial charge in [-0.3, -0.25) is 4.55 Å². The van der Waals surface area contributed by atoms with Crippen LogP contribution < -0.4 is 0 Å². The van der Waals surface area contributed by atoms with Crippen molar-refractivity contribution in [3.8, 4) is 0 Å². The molecule has 0 fully saturated rings. The molecule has 66 valence electrons. The van der Waals surface area contributed by atoms with E-state index in [-0.39, 0.29) is 0 Å². The van der Waals surface area contributed by atoms with E-state index >= 15 is 0 Å². The Labute approximate surface area is 66.1 Å². The van der Waals surface area contributed by atoms with Crippen molar-refractivity contribution in [1.82, 2.24) is 9.97 Å². The van der Waals surface area contributed by atoms with Crippen LogP contribution in [0.5, 0.6) is 0 Å². The van der Waals surface area contributed by atoms with Gasteiger partial charge in [-0.2, -0.15) is 13.4 Å². The molecule has 1 rings (SSSR count). The average Bonchev–Trinajstić information content (AvgIpc) is 2.30. The third-order valence-corrected chi connectivity index (χ3v) is 1.80. The number of aromatic nitrogens is 2. The van der Waals surface area contributed by atoms with E-state index in [0.717, 1.165) is 6.33 Å². The van der Waals surface area contributed by atoms with Crippen molar-refractivity contribution in [2.45, 2.75) is 5.03 Å². The minimum absolute atomic E-state index is 0.807. The van der Waals surface area contributed by atoms with Gasteiger partial charge in [-0.25, -0.2) is 4.98 Å². The Morgan fingerprint density at radius 1 is 1.67 bits per heavy atom. The number of aromatic amines is 1. The fourth-order valence-electron chi connectivity index (χ4n) is 0.594. The summed E-state index contributed by atoms with van der Waals surface area (Å²) in [7, 11) is -4.62. The van der Waals surface area contributed by atoms with Gasteiger partial charge in [0.25, 0.3) is 5.03 Å². The van der Waals surface area contributed by atoms with Crippen molar-refractivity contribution in [2.24, 2.45) is 0 Å². The molecule has 0 saturated carbocycles. The zero-order valence-electron chi connectivity index (χ0n) is 5.46. The molecule has 0 aliphatic heterocycles. The standard InChI is InChI=1S/C3H3N3O5S/c7-6(8)2-3(5-1-4-2)12(9,10)11/h1H,(H,4,5)(H,9,10,11). The van der Waals surface area contributed by atoms with Crippen LogP contribution in [0.25, 0.3) is 0 Å². The van der Waals surface area contributed by atoms with Gasteiger partial charge in [-0.1, -0.05) is 0 Å². The van der Waals surface area contributed by atoms with Gasteiger partial charge in [0.1, 0.15) is 0 Å². The first kappa shape index (κ1) is 8.62. The highest BCUT2D eigenvalue weighted by Crippen LogP contribution is 2.16. The van der Waals surface area contributed by atoms with Gasteiger partial charge >= 0.3 is 15.9 Å². The number of nitro groups is 1. The van der Waals surface area contributed by atoms with Gasteiger partial charge in [0.05, 0.1) is 0 Å². The van der Waals surface area contributed by atoms with E-state index in [9.17, 15) is 18.5 Å². The van der Waals surface area contributed by atoms with Gasteiger partial charge in [0.2, 0.25) is 0 Å². The predicted molar refractivity (Wildman–Crippen MR) is 35.1 cm³/mol. The van der Waals surface area contributed by atoms with Gasteiger partial charge in [0, 0.05) is 0 Å². The number of H-pyrrole nitrogens is 1. The van der Waals surface area contributed by atoms with E-state index in [4.69, 9.17) is 4.55 Å². The summed E-state index contributed by atoms with van der Waals surface area (Å²) in [4.78, 5) is 14.1. The number of nitrogens with one attached hydrogen (secondary N) is 1. The van der Waals surface area contributed by atoms with Crippen LogP contribution in [-0.2, 0) is 10.1 Å². The fraction of sp³-hybridized carbons (Fsp3) is 0. The van der Waals surface area contributed by atoms with E-state index in [2.05, 4.69) is 4.98 Å². The van der Waals surface area contributed by atoms with Crippen LogP contribution in [0.4, 0.5) is 5.82 Å². The van der Waals surface area contributed by atoms with Crippen molar-refractivity contribution in [3.05, 3.63) is 16.4 Å². The lowest BCUT2D eigenvalue weighted by Crippen LogP contribution is -2.02. The molecule has 1 heterocycles. The highest BCUT2D eigenvalue weighted by atomic mass is 32.2. The quantitative estimate of drug-likeness (QED) is 0.372. The van der Waals surface area contributed by atoms with Gasteiger partial charge in [-0.15, -0.1) is 0 Å². The van der Waals surface area contributed by atoms with Crippen LogP contribution >= 0.6 is 0 Å². The highest BCUT2D eigenvalue weighted by Gasteiger charge is 2.26. The van der Waals surface area contributed by atoms with E-state index in [0.29, 0.717) is 0 Å². The molecule has 0 aliphatic carbocycles. The summed E-state index contributed by atoms with van der Waals surface area (Å²) >= 11 is 0. The van der Waals surface area contributed by atoms with Crippen molar-refractivity contribution in [2.75, 3.05) is 0 Å². The van der Waals surface area contributed by atoms with Crippen LogP contribution in [0.15, 0.2) is 11.4 Å². The Morgan fingerprint density at radius 3 is 2.58 bits per heavy atom. The lowest BCUT2D eigenvalue weighted by atomic mass is 10.8. The Morgan fingerprint density at radius 2 is 2.25 bits per heavy atom. The maximum absolute atomic E-state index is 10.4. The van der Waals surface area contributed by atoms with Gasteiger partial charge in [0.15, 0.2) is 6.33 Å². The first-order valence-corrected chi connectivity index (χ1v) is 4.02. The Kier molecular flexibility index (Phi) is 1.82. The summed E-state index contributed by atoms with van der Waals surface area (Å²) in [6.07, 6.45) is 0.807. The minimum Gasteiger partial charge on any atom is -0.358 e. The summed E-state index contributed by atoms with van der Waals surface area (Å²) in [6.45, 7) is 0. The molecule has 0 aliphatic rings. The molecule has 0 saturated heterocycles.